The Morgan fingerprint density at radius 1 is 0.692 bits per heavy atom. The molecule has 1 amide bonds. The first-order chi connectivity index (χ1) is 17.1. The van der Waals surface area contributed by atoms with Crippen molar-refractivity contribution in [3.8, 4) is 0 Å². The Morgan fingerprint density at radius 3 is 1.51 bits per heavy atom. The van der Waals surface area contributed by atoms with Crippen LogP contribution in [0.3, 0.4) is 0 Å². The fourth-order valence-electron chi connectivity index (χ4n) is 2.37. The maximum absolute atomic E-state index is 14.9. The van der Waals surface area contributed by atoms with E-state index in [9.17, 15) is 79.4 Å². The lowest BCUT2D eigenvalue weighted by atomic mass is 10.2. The third-order valence-electron chi connectivity index (χ3n) is 4.26. The largest absolute Gasteiger partial charge is 0.462 e. The molecule has 0 aromatic heterocycles. The van der Waals surface area contributed by atoms with E-state index in [2.05, 4.69) is 11.3 Å². The van der Waals surface area contributed by atoms with E-state index in [0.717, 1.165) is 18.2 Å². The molecule has 1 aromatic carbocycles. The molecule has 0 saturated carbocycles. The van der Waals surface area contributed by atoms with Crippen LogP contribution in [0.25, 0.3) is 0 Å². The molecule has 2 unspecified atom stereocenters. The smallest absolute Gasteiger partial charge is 0.303 e. The number of anilines is 1. The van der Waals surface area contributed by atoms with Gasteiger partial charge in [-0.2, -0.15) is 74.6 Å². The molecule has 0 aliphatic heterocycles. The van der Waals surface area contributed by atoms with Gasteiger partial charge < -0.3 is 4.90 Å². The number of halogens is 17. The summed E-state index contributed by atoms with van der Waals surface area (Å²) in [7, 11) is 0. The first-order valence-electron chi connectivity index (χ1n) is 9.22. The van der Waals surface area contributed by atoms with Gasteiger partial charge in [0, 0.05) is 12.2 Å². The molecule has 0 bridgehead atoms. The summed E-state index contributed by atoms with van der Waals surface area (Å²) in [6.07, 6.45) is -38.1. The second kappa shape index (κ2) is 10.3. The van der Waals surface area contributed by atoms with Crippen molar-refractivity contribution in [1.29, 1.82) is 0 Å². The highest BCUT2D eigenvalue weighted by Gasteiger charge is 2.85. The third-order valence-corrected chi connectivity index (χ3v) is 4.26. The Hall–Kier alpha value is -2.84. The Kier molecular flexibility index (Phi) is 9.02. The Bertz CT molecular complexity index is 1020. The predicted octanol–water partition coefficient (Wildman–Crippen LogP) is 7.08. The fourth-order valence-corrected chi connectivity index (χ4v) is 2.37. The number of rotatable bonds is 10. The SMILES string of the molecule is C=CCN(C(=O)C(F)(OC(F)(F)C(F)(OC(F)(F)C(F)(F)C(F)(F)F)C(F)(F)F)C(F)(F)F)c1ccccc1. The number of ether oxygens (including phenoxy) is 2. The van der Waals surface area contributed by atoms with Crippen LogP contribution in [0.1, 0.15) is 0 Å². The topological polar surface area (TPSA) is 38.8 Å². The average molecular weight is 611 g/mol. The zero-order chi connectivity index (χ0) is 31.1. The molecule has 1 aromatic rings. The van der Waals surface area contributed by atoms with Crippen molar-refractivity contribution >= 4 is 11.6 Å². The number of nitrogens with zero attached hydrogens (tertiary/aromatic N) is 1. The van der Waals surface area contributed by atoms with Crippen molar-refractivity contribution < 1.29 is 88.9 Å². The number of benzene rings is 1. The van der Waals surface area contributed by atoms with Crippen LogP contribution in [0, 0.1) is 0 Å². The van der Waals surface area contributed by atoms with Gasteiger partial charge in [0.05, 0.1) is 0 Å². The summed E-state index contributed by atoms with van der Waals surface area (Å²) in [5, 5.41) is 0. The standard InChI is InChI=1S/C18H10F17NO3/c1-2-8-36(9-6-4-3-5-7-9)10(37)11(19,14(23,24)25)38-18(34,35)13(22,16(29,30)31)39-17(32,33)12(20,21)15(26,27)28/h2-7H,1,8H2. The Balaban J connectivity index is 3.78. The lowest BCUT2D eigenvalue weighted by Gasteiger charge is -2.40. The van der Waals surface area contributed by atoms with Crippen molar-refractivity contribution in [2.45, 2.75) is 48.4 Å². The summed E-state index contributed by atoms with van der Waals surface area (Å²) in [6.45, 7) is 1.66. The van der Waals surface area contributed by atoms with E-state index in [1.54, 1.807) is 0 Å². The monoisotopic (exact) mass is 611 g/mol. The van der Waals surface area contributed by atoms with Crippen LogP contribution < -0.4 is 4.90 Å². The van der Waals surface area contributed by atoms with E-state index in [0.29, 0.717) is 18.2 Å². The number of para-hydroxylation sites is 1. The van der Waals surface area contributed by atoms with E-state index in [-0.39, 0.29) is 0 Å². The van der Waals surface area contributed by atoms with E-state index >= 15 is 0 Å². The first kappa shape index (κ1) is 34.2. The van der Waals surface area contributed by atoms with Gasteiger partial charge >= 0.3 is 54.3 Å². The quantitative estimate of drug-likeness (QED) is 0.210. The number of alkyl halides is 17. The molecule has 0 saturated heterocycles. The second-order valence-electron chi connectivity index (χ2n) is 7.04. The van der Waals surface area contributed by atoms with Crippen LogP contribution in [0.2, 0.25) is 0 Å². The van der Waals surface area contributed by atoms with E-state index in [1.807, 2.05) is 0 Å². The Labute approximate surface area is 204 Å². The summed E-state index contributed by atoms with van der Waals surface area (Å²) in [5.74, 6) is -26.2. The lowest BCUT2D eigenvalue weighted by molar-refractivity contribution is -0.548. The van der Waals surface area contributed by atoms with Crippen molar-refractivity contribution in [3.63, 3.8) is 0 Å². The molecular formula is C18H10F17NO3. The summed E-state index contributed by atoms with van der Waals surface area (Å²) in [6, 6.07) is 4.39. The summed E-state index contributed by atoms with van der Waals surface area (Å²) < 4.78 is 229. The molecule has 2 atom stereocenters. The van der Waals surface area contributed by atoms with Gasteiger partial charge in [-0.05, 0) is 12.1 Å². The molecule has 0 aliphatic carbocycles. The molecule has 39 heavy (non-hydrogen) atoms. The summed E-state index contributed by atoms with van der Waals surface area (Å²) in [5.41, 5.74) is -0.824. The normalized spacial score (nSPS) is 17.3. The van der Waals surface area contributed by atoms with Gasteiger partial charge in [0.1, 0.15) is 0 Å². The molecule has 0 radical (unpaired) electrons. The Morgan fingerprint density at radius 2 is 1.15 bits per heavy atom. The number of carbonyl (C=O) groups is 1. The van der Waals surface area contributed by atoms with Gasteiger partial charge in [-0.15, -0.1) is 6.58 Å². The molecule has 4 nitrogen and oxygen atoms in total. The molecule has 1 rings (SSSR count). The highest BCUT2D eigenvalue weighted by molar-refractivity contribution is 5.99. The van der Waals surface area contributed by atoms with Crippen molar-refractivity contribution in [1.82, 2.24) is 0 Å². The minimum Gasteiger partial charge on any atom is -0.303 e. The molecule has 0 N–H and O–H groups in total. The maximum Gasteiger partial charge on any atom is 0.462 e. The van der Waals surface area contributed by atoms with Crippen LogP contribution in [0.4, 0.5) is 80.3 Å². The van der Waals surface area contributed by atoms with Crippen LogP contribution in [0.15, 0.2) is 43.0 Å². The van der Waals surface area contributed by atoms with Crippen LogP contribution in [-0.4, -0.2) is 60.8 Å². The zero-order valence-electron chi connectivity index (χ0n) is 18.0. The van der Waals surface area contributed by atoms with Gasteiger partial charge in [-0.25, -0.2) is 0 Å². The minimum atomic E-state index is -8.07. The average Bonchev–Trinajstić information content (AvgIpc) is 2.74. The molecule has 0 aliphatic rings. The molecule has 21 heteroatoms. The summed E-state index contributed by atoms with van der Waals surface area (Å²) in [4.78, 5) is 11.8. The van der Waals surface area contributed by atoms with E-state index in [1.165, 1.54) is 4.74 Å². The molecular weight excluding hydrogens is 601 g/mol. The number of hydrogen-bond acceptors (Lipinski definition) is 3. The van der Waals surface area contributed by atoms with Crippen LogP contribution in [-0.2, 0) is 14.3 Å². The number of hydrogen-bond donors (Lipinski definition) is 0. The van der Waals surface area contributed by atoms with E-state index in [4.69, 9.17) is 0 Å². The van der Waals surface area contributed by atoms with Gasteiger partial charge in [0.2, 0.25) is 0 Å². The van der Waals surface area contributed by atoms with Crippen LogP contribution in [0.5, 0.6) is 0 Å². The van der Waals surface area contributed by atoms with Gasteiger partial charge in [-0.1, -0.05) is 24.3 Å². The number of amides is 1. The van der Waals surface area contributed by atoms with Crippen LogP contribution >= 0.6 is 0 Å². The molecule has 0 heterocycles. The fraction of sp³-hybridized carbons (Fsp3) is 0.500. The highest BCUT2D eigenvalue weighted by Crippen LogP contribution is 2.56. The molecule has 0 fully saturated rings. The van der Waals surface area contributed by atoms with Gasteiger partial charge in [-0.3, -0.25) is 14.3 Å². The minimum absolute atomic E-state index is 0.475. The second-order valence-corrected chi connectivity index (χ2v) is 7.04. The zero-order valence-corrected chi connectivity index (χ0v) is 18.0. The molecule has 0 spiro atoms. The van der Waals surface area contributed by atoms with Gasteiger partial charge in [0.25, 0.3) is 0 Å². The summed E-state index contributed by atoms with van der Waals surface area (Å²) >= 11 is 0. The van der Waals surface area contributed by atoms with Gasteiger partial charge in [0.15, 0.2) is 0 Å². The highest BCUT2D eigenvalue weighted by atomic mass is 19.4. The first-order valence-corrected chi connectivity index (χ1v) is 9.22. The maximum atomic E-state index is 14.9. The van der Waals surface area contributed by atoms with Crippen molar-refractivity contribution in [2.24, 2.45) is 0 Å². The van der Waals surface area contributed by atoms with Crippen molar-refractivity contribution in [2.75, 3.05) is 11.4 Å². The lowest BCUT2D eigenvalue weighted by Crippen LogP contribution is -2.69. The predicted molar refractivity (Wildman–Crippen MR) is 91.8 cm³/mol. The van der Waals surface area contributed by atoms with Crippen molar-refractivity contribution in [3.05, 3.63) is 43.0 Å². The number of carbonyl (C=O) groups excluding carboxylic acids is 1. The molecule has 224 valence electrons. The van der Waals surface area contributed by atoms with E-state index < -0.39 is 71.4 Å². The third kappa shape index (κ3) is 6.17.